The molecule has 0 unspecified atom stereocenters. The third-order valence-electron chi connectivity index (χ3n) is 5.99. The Balaban J connectivity index is 1.34. The van der Waals surface area contributed by atoms with Crippen molar-refractivity contribution in [1.82, 2.24) is 5.32 Å². The number of carbonyl (C=O) groups is 2. The van der Waals surface area contributed by atoms with Gasteiger partial charge >= 0.3 is 0 Å². The number of benzene rings is 2. The number of hydrogen-bond acceptors (Lipinski definition) is 7. The summed E-state index contributed by atoms with van der Waals surface area (Å²) in [6.07, 6.45) is 3.30. The number of anilines is 2. The molecule has 2 aromatic carbocycles. The van der Waals surface area contributed by atoms with Gasteiger partial charge in [0.05, 0.1) is 18.0 Å². The van der Waals surface area contributed by atoms with Crippen LogP contribution in [0.1, 0.15) is 46.7 Å². The van der Waals surface area contributed by atoms with E-state index in [4.69, 9.17) is 20.3 Å². The van der Waals surface area contributed by atoms with Crippen molar-refractivity contribution in [1.29, 1.82) is 0 Å². The topological polar surface area (TPSA) is 123 Å². The average Bonchev–Trinajstić information content (AvgIpc) is 3.46. The van der Waals surface area contributed by atoms with Crippen molar-refractivity contribution in [3.05, 3.63) is 93.9 Å². The number of para-hydroxylation sites is 2. The van der Waals surface area contributed by atoms with Gasteiger partial charge in [-0.25, -0.2) is 0 Å². The Bertz CT molecular complexity index is 1210. The first-order valence-corrected chi connectivity index (χ1v) is 13.1. The molecule has 0 saturated carbocycles. The standard InChI is InChI=1S/C28H31N3O5S/c29-23-5-1-2-6-24(23)31-27(33)20-9-7-19(8-10-20)17-30-28(34)25-15-22(21-11-14-37-18-21)16-26(36-25)35-13-4-3-12-32/h1-2,5-11,14-15,18,22,26,32H,3-4,12-13,16-17,29H2,(H,30,34)(H,31,33)/t22-,26+/m1/s1. The molecule has 9 heteroatoms. The van der Waals surface area contributed by atoms with Crippen LogP contribution in [0.4, 0.5) is 11.4 Å². The maximum Gasteiger partial charge on any atom is 0.286 e. The van der Waals surface area contributed by atoms with Gasteiger partial charge in [0.25, 0.3) is 11.8 Å². The number of ether oxygens (including phenoxy) is 2. The third kappa shape index (κ3) is 7.42. The smallest absolute Gasteiger partial charge is 0.286 e. The zero-order valence-corrected chi connectivity index (χ0v) is 21.2. The van der Waals surface area contributed by atoms with Crippen LogP contribution >= 0.6 is 11.3 Å². The van der Waals surface area contributed by atoms with E-state index in [-0.39, 0.29) is 36.6 Å². The van der Waals surface area contributed by atoms with Gasteiger partial charge in [-0.1, -0.05) is 24.3 Å². The molecule has 1 aromatic heterocycles. The molecule has 0 saturated heterocycles. The average molecular weight is 522 g/mol. The quantitative estimate of drug-likeness (QED) is 0.219. The minimum Gasteiger partial charge on any atom is -0.459 e. The zero-order valence-electron chi connectivity index (χ0n) is 20.4. The molecule has 37 heavy (non-hydrogen) atoms. The second kappa shape index (κ2) is 13.0. The number of allylic oxidation sites excluding steroid dienone is 1. The summed E-state index contributed by atoms with van der Waals surface area (Å²) in [5, 5.41) is 18.7. The van der Waals surface area contributed by atoms with Crippen LogP contribution in [0.15, 0.2) is 77.2 Å². The molecular weight excluding hydrogens is 490 g/mol. The Morgan fingerprint density at radius 3 is 2.62 bits per heavy atom. The summed E-state index contributed by atoms with van der Waals surface area (Å²) in [5.41, 5.74) is 9.39. The molecule has 194 valence electrons. The molecule has 0 fully saturated rings. The van der Waals surface area contributed by atoms with Gasteiger partial charge < -0.3 is 30.9 Å². The van der Waals surface area contributed by atoms with Gasteiger partial charge in [0.15, 0.2) is 5.76 Å². The number of nitrogen functional groups attached to an aromatic ring is 1. The van der Waals surface area contributed by atoms with Crippen molar-refractivity contribution in [2.24, 2.45) is 0 Å². The number of nitrogens with two attached hydrogens (primary N) is 1. The molecule has 0 spiro atoms. The predicted molar refractivity (Wildman–Crippen MR) is 144 cm³/mol. The van der Waals surface area contributed by atoms with E-state index in [0.29, 0.717) is 36.4 Å². The highest BCUT2D eigenvalue weighted by atomic mass is 32.1. The Morgan fingerprint density at radius 1 is 1.08 bits per heavy atom. The van der Waals surface area contributed by atoms with Crippen LogP contribution in [0.5, 0.6) is 0 Å². The lowest BCUT2D eigenvalue weighted by atomic mass is 9.95. The second-order valence-corrected chi connectivity index (χ2v) is 9.48. The number of aliphatic hydroxyl groups is 1. The van der Waals surface area contributed by atoms with E-state index >= 15 is 0 Å². The second-order valence-electron chi connectivity index (χ2n) is 8.70. The van der Waals surface area contributed by atoms with E-state index in [1.54, 1.807) is 59.9 Å². The Morgan fingerprint density at radius 2 is 1.89 bits per heavy atom. The Hall–Kier alpha value is -3.66. The fourth-order valence-electron chi connectivity index (χ4n) is 3.91. The van der Waals surface area contributed by atoms with E-state index < -0.39 is 6.29 Å². The van der Waals surface area contributed by atoms with E-state index in [0.717, 1.165) is 17.5 Å². The molecule has 5 N–H and O–H groups in total. The summed E-state index contributed by atoms with van der Waals surface area (Å²) in [5.74, 6) is -0.352. The van der Waals surface area contributed by atoms with Gasteiger partial charge in [-0.3, -0.25) is 9.59 Å². The number of hydrogen-bond donors (Lipinski definition) is 4. The minimum absolute atomic E-state index is 0.0139. The summed E-state index contributed by atoms with van der Waals surface area (Å²) in [6.45, 7) is 0.846. The number of nitrogens with one attached hydrogen (secondary N) is 2. The lowest BCUT2D eigenvalue weighted by Crippen LogP contribution is -2.32. The van der Waals surface area contributed by atoms with Crippen molar-refractivity contribution < 1.29 is 24.2 Å². The van der Waals surface area contributed by atoms with Crippen molar-refractivity contribution in [2.45, 2.75) is 38.0 Å². The number of aliphatic hydroxyl groups excluding tert-OH is 1. The number of rotatable bonds is 11. The monoisotopic (exact) mass is 521 g/mol. The fourth-order valence-corrected chi connectivity index (χ4v) is 4.64. The molecule has 1 aliphatic heterocycles. The summed E-state index contributed by atoms with van der Waals surface area (Å²) in [7, 11) is 0. The van der Waals surface area contributed by atoms with Crippen molar-refractivity contribution in [3.8, 4) is 0 Å². The van der Waals surface area contributed by atoms with Crippen LogP contribution in [0.2, 0.25) is 0 Å². The summed E-state index contributed by atoms with van der Waals surface area (Å²) >= 11 is 1.61. The first-order chi connectivity index (χ1) is 18.0. The molecule has 2 amide bonds. The van der Waals surface area contributed by atoms with E-state index in [1.165, 1.54) is 0 Å². The number of amides is 2. The normalized spacial score (nSPS) is 16.9. The largest absolute Gasteiger partial charge is 0.459 e. The molecule has 0 bridgehead atoms. The van der Waals surface area contributed by atoms with Crippen molar-refractivity contribution in [2.75, 3.05) is 24.3 Å². The van der Waals surface area contributed by atoms with Gasteiger partial charge in [-0.15, -0.1) is 0 Å². The van der Waals surface area contributed by atoms with Crippen LogP contribution in [0, 0.1) is 0 Å². The Kier molecular flexibility index (Phi) is 9.31. The lowest BCUT2D eigenvalue weighted by Gasteiger charge is -2.29. The molecule has 2 heterocycles. The molecular formula is C28H31N3O5S. The SMILES string of the molecule is Nc1ccccc1NC(=O)c1ccc(CNC(=O)C2=C[C@@H](c3ccsc3)C[C@@H](OCCCCO)O2)cc1. The van der Waals surface area contributed by atoms with Crippen molar-refractivity contribution in [3.63, 3.8) is 0 Å². The Labute approximate surface area is 220 Å². The van der Waals surface area contributed by atoms with Crippen LogP contribution in [0.3, 0.4) is 0 Å². The van der Waals surface area contributed by atoms with E-state index in [2.05, 4.69) is 16.0 Å². The van der Waals surface area contributed by atoms with Gasteiger partial charge in [-0.05, 0) is 71.1 Å². The lowest BCUT2D eigenvalue weighted by molar-refractivity contribution is -0.146. The summed E-state index contributed by atoms with van der Waals surface area (Å²) in [4.78, 5) is 25.5. The van der Waals surface area contributed by atoms with Gasteiger partial charge in [-0.2, -0.15) is 11.3 Å². The van der Waals surface area contributed by atoms with Crippen LogP contribution < -0.4 is 16.4 Å². The highest BCUT2D eigenvalue weighted by Crippen LogP contribution is 2.32. The maximum atomic E-state index is 13.0. The molecule has 0 aliphatic carbocycles. The number of unbranched alkanes of at least 4 members (excludes halogenated alkanes) is 1. The van der Waals surface area contributed by atoms with Crippen LogP contribution in [-0.2, 0) is 20.8 Å². The van der Waals surface area contributed by atoms with E-state index in [9.17, 15) is 9.59 Å². The highest BCUT2D eigenvalue weighted by molar-refractivity contribution is 7.08. The van der Waals surface area contributed by atoms with Gasteiger partial charge in [0.1, 0.15) is 0 Å². The summed E-state index contributed by atoms with van der Waals surface area (Å²) in [6, 6.07) is 16.1. The first kappa shape index (κ1) is 26.4. The maximum absolute atomic E-state index is 13.0. The molecule has 2 atom stereocenters. The third-order valence-corrected chi connectivity index (χ3v) is 6.69. The first-order valence-electron chi connectivity index (χ1n) is 12.2. The van der Waals surface area contributed by atoms with Gasteiger partial charge in [0, 0.05) is 31.1 Å². The fraction of sp³-hybridized carbons (Fsp3) is 0.286. The molecule has 1 aliphatic rings. The molecule has 3 aromatic rings. The summed E-state index contributed by atoms with van der Waals surface area (Å²) < 4.78 is 11.7. The molecule has 8 nitrogen and oxygen atoms in total. The van der Waals surface area contributed by atoms with Crippen LogP contribution in [-0.4, -0.2) is 36.4 Å². The zero-order chi connectivity index (χ0) is 26.0. The minimum atomic E-state index is -0.536. The number of thiophene rings is 1. The number of carbonyl (C=O) groups excluding carboxylic acids is 2. The van der Waals surface area contributed by atoms with E-state index in [1.807, 2.05) is 17.5 Å². The predicted octanol–water partition coefficient (Wildman–Crippen LogP) is 4.40. The van der Waals surface area contributed by atoms with Crippen molar-refractivity contribution >= 4 is 34.5 Å². The molecule has 0 radical (unpaired) electrons. The van der Waals surface area contributed by atoms with Crippen LogP contribution in [0.25, 0.3) is 0 Å². The highest BCUT2D eigenvalue weighted by Gasteiger charge is 2.28. The van der Waals surface area contributed by atoms with Gasteiger partial charge in [0.2, 0.25) is 6.29 Å². The molecule has 4 rings (SSSR count).